The fraction of sp³-hybridized carbons (Fsp3) is 0.385. The van der Waals surface area contributed by atoms with Crippen LogP contribution < -0.4 is 9.47 Å². The average molecular weight is 248 g/mol. The van der Waals surface area contributed by atoms with E-state index in [1.54, 1.807) is 18.2 Å². The number of methoxy groups -OCH3 is 2. The first-order valence-corrected chi connectivity index (χ1v) is 5.62. The van der Waals surface area contributed by atoms with Crippen molar-refractivity contribution in [2.75, 3.05) is 14.2 Å². The van der Waals surface area contributed by atoms with E-state index >= 15 is 0 Å². The van der Waals surface area contributed by atoms with E-state index in [0.29, 0.717) is 23.5 Å². The van der Waals surface area contributed by atoms with Crippen LogP contribution in [0.4, 0.5) is 0 Å². The van der Waals surface area contributed by atoms with Crippen LogP contribution in [0.1, 0.15) is 16.8 Å². The highest BCUT2D eigenvalue weighted by molar-refractivity contribution is 6.09. The minimum absolute atomic E-state index is 0.0655. The number of Topliss-reactive ketones (excluding diaryl/α,β-unsaturated/α-hetero) is 1. The zero-order valence-electron chi connectivity index (χ0n) is 10.1. The van der Waals surface area contributed by atoms with Gasteiger partial charge in [0, 0.05) is 12.5 Å². The maximum absolute atomic E-state index is 12.2. The predicted octanol–water partition coefficient (Wildman–Crippen LogP) is 1.20. The maximum Gasteiger partial charge on any atom is 0.351 e. The molecule has 1 aliphatic carbocycles. The van der Waals surface area contributed by atoms with Gasteiger partial charge in [0.25, 0.3) is 0 Å². The van der Waals surface area contributed by atoms with E-state index in [0.717, 1.165) is 0 Å². The minimum atomic E-state index is -1.11. The Kier molecular flexibility index (Phi) is 2.14. The van der Waals surface area contributed by atoms with Crippen LogP contribution in [-0.4, -0.2) is 31.6 Å². The summed E-state index contributed by atoms with van der Waals surface area (Å²) in [6, 6.07) is 4.98. The van der Waals surface area contributed by atoms with Gasteiger partial charge in [0.1, 0.15) is 11.5 Å². The van der Waals surface area contributed by atoms with Crippen LogP contribution >= 0.6 is 0 Å². The average Bonchev–Trinajstić information content (AvgIpc) is 3.13. The summed E-state index contributed by atoms with van der Waals surface area (Å²) < 4.78 is 15.5. The second-order valence-electron chi connectivity index (χ2n) is 4.47. The van der Waals surface area contributed by atoms with Crippen molar-refractivity contribution >= 4 is 11.8 Å². The van der Waals surface area contributed by atoms with Gasteiger partial charge >= 0.3 is 5.97 Å². The van der Waals surface area contributed by atoms with Gasteiger partial charge in [0.05, 0.1) is 25.7 Å². The molecule has 1 aliphatic heterocycles. The van der Waals surface area contributed by atoms with Crippen molar-refractivity contribution in [1.82, 2.24) is 0 Å². The van der Waals surface area contributed by atoms with Crippen LogP contribution in [0.2, 0.25) is 0 Å². The number of esters is 1. The standard InChI is InChI=1S/C13H12O5/c1-16-7-3-4-8-10(5-7)18-13(12(15)17-2)6-9(13)11(8)14/h3-5,9H,6H2,1-2H3/t9-,13-/m0/s1. The van der Waals surface area contributed by atoms with E-state index in [-0.39, 0.29) is 5.78 Å². The van der Waals surface area contributed by atoms with E-state index in [2.05, 4.69) is 0 Å². The Hall–Kier alpha value is -2.04. The van der Waals surface area contributed by atoms with E-state index in [9.17, 15) is 9.59 Å². The highest BCUT2D eigenvalue weighted by Crippen LogP contribution is 2.54. The summed E-state index contributed by atoms with van der Waals surface area (Å²) in [5.41, 5.74) is -0.608. The summed E-state index contributed by atoms with van der Waals surface area (Å²) in [4.78, 5) is 23.9. The predicted molar refractivity (Wildman–Crippen MR) is 60.8 cm³/mol. The Morgan fingerprint density at radius 2 is 2.22 bits per heavy atom. The second kappa shape index (κ2) is 3.48. The molecule has 0 amide bonds. The van der Waals surface area contributed by atoms with Crippen molar-refractivity contribution in [2.24, 2.45) is 5.92 Å². The Morgan fingerprint density at radius 3 is 2.89 bits per heavy atom. The number of fused-ring (bicyclic) bond motifs is 2. The summed E-state index contributed by atoms with van der Waals surface area (Å²) in [6.45, 7) is 0. The molecule has 0 bridgehead atoms. The van der Waals surface area contributed by atoms with Gasteiger partial charge in [-0.3, -0.25) is 4.79 Å². The van der Waals surface area contributed by atoms with Gasteiger partial charge in [-0.05, 0) is 12.1 Å². The molecule has 18 heavy (non-hydrogen) atoms. The molecule has 3 rings (SSSR count). The molecule has 0 saturated heterocycles. The minimum Gasteiger partial charge on any atom is -0.497 e. The zero-order chi connectivity index (χ0) is 12.9. The van der Waals surface area contributed by atoms with Gasteiger partial charge in [-0.15, -0.1) is 0 Å². The topological polar surface area (TPSA) is 61.8 Å². The number of ether oxygens (including phenoxy) is 3. The number of hydrogen-bond acceptors (Lipinski definition) is 5. The zero-order valence-corrected chi connectivity index (χ0v) is 10.1. The van der Waals surface area contributed by atoms with Crippen molar-refractivity contribution in [1.29, 1.82) is 0 Å². The Balaban J connectivity index is 2.03. The summed E-state index contributed by atoms with van der Waals surface area (Å²) in [6.07, 6.45) is 0.384. The normalized spacial score (nSPS) is 27.7. The molecule has 1 saturated carbocycles. The molecule has 1 aromatic carbocycles. The number of carbonyl (C=O) groups excluding carboxylic acids is 2. The molecule has 0 radical (unpaired) electrons. The van der Waals surface area contributed by atoms with Gasteiger partial charge in [-0.1, -0.05) is 0 Å². The third kappa shape index (κ3) is 1.27. The molecule has 2 aliphatic rings. The van der Waals surface area contributed by atoms with E-state index in [1.807, 2.05) is 0 Å². The summed E-state index contributed by atoms with van der Waals surface area (Å²) in [7, 11) is 2.82. The molecule has 0 N–H and O–H groups in total. The molecule has 0 spiro atoms. The van der Waals surface area contributed by atoms with Crippen molar-refractivity contribution in [2.45, 2.75) is 12.0 Å². The van der Waals surface area contributed by atoms with Crippen LogP contribution in [0.5, 0.6) is 11.5 Å². The third-order valence-electron chi connectivity index (χ3n) is 3.50. The van der Waals surface area contributed by atoms with Crippen LogP contribution in [0.25, 0.3) is 0 Å². The van der Waals surface area contributed by atoms with Crippen molar-refractivity contribution in [3.8, 4) is 11.5 Å². The molecule has 5 nitrogen and oxygen atoms in total. The van der Waals surface area contributed by atoms with Gasteiger partial charge in [-0.2, -0.15) is 0 Å². The fourth-order valence-electron chi connectivity index (χ4n) is 2.40. The monoisotopic (exact) mass is 248 g/mol. The molecule has 0 unspecified atom stereocenters. The Morgan fingerprint density at radius 1 is 1.44 bits per heavy atom. The first kappa shape index (κ1) is 11.1. The summed E-state index contributed by atoms with van der Waals surface area (Å²) in [5.74, 6) is 0.00336. The quantitative estimate of drug-likeness (QED) is 0.736. The lowest BCUT2D eigenvalue weighted by Crippen LogP contribution is -2.38. The molecule has 1 fully saturated rings. The molecule has 0 aromatic heterocycles. The van der Waals surface area contributed by atoms with Gasteiger partial charge in [0.2, 0.25) is 5.60 Å². The van der Waals surface area contributed by atoms with Crippen LogP contribution in [0.3, 0.4) is 0 Å². The van der Waals surface area contributed by atoms with Gasteiger partial charge in [-0.25, -0.2) is 4.79 Å². The number of carbonyl (C=O) groups is 2. The summed E-state index contributed by atoms with van der Waals surface area (Å²) >= 11 is 0. The van der Waals surface area contributed by atoms with E-state index in [4.69, 9.17) is 14.2 Å². The lowest BCUT2D eigenvalue weighted by molar-refractivity contribution is -0.152. The summed E-state index contributed by atoms with van der Waals surface area (Å²) in [5, 5.41) is 0. The lowest BCUT2D eigenvalue weighted by atomic mass is 10.0. The SMILES string of the molecule is COC(=O)[C@]12C[C@H]1C(=O)c1ccc(OC)cc1O2. The first-order valence-electron chi connectivity index (χ1n) is 5.62. The van der Waals surface area contributed by atoms with Gasteiger partial charge in [0.15, 0.2) is 5.78 Å². The van der Waals surface area contributed by atoms with Crippen LogP contribution in [0, 0.1) is 5.92 Å². The highest BCUT2D eigenvalue weighted by atomic mass is 16.6. The third-order valence-corrected chi connectivity index (χ3v) is 3.50. The van der Waals surface area contributed by atoms with Crippen LogP contribution in [-0.2, 0) is 9.53 Å². The molecule has 5 heteroatoms. The van der Waals surface area contributed by atoms with Crippen molar-refractivity contribution in [3.63, 3.8) is 0 Å². The highest BCUT2D eigenvalue weighted by Gasteiger charge is 2.70. The van der Waals surface area contributed by atoms with Crippen molar-refractivity contribution in [3.05, 3.63) is 23.8 Å². The molecule has 1 heterocycles. The van der Waals surface area contributed by atoms with Gasteiger partial charge < -0.3 is 14.2 Å². The Bertz CT molecular complexity index is 550. The maximum atomic E-state index is 12.2. The molecular weight excluding hydrogens is 236 g/mol. The number of benzene rings is 1. The number of hydrogen-bond donors (Lipinski definition) is 0. The largest absolute Gasteiger partial charge is 0.497 e. The molecular formula is C13H12O5. The first-order chi connectivity index (χ1) is 8.62. The fourth-order valence-corrected chi connectivity index (χ4v) is 2.40. The number of ketones is 1. The lowest BCUT2D eigenvalue weighted by Gasteiger charge is -2.23. The molecule has 2 atom stereocenters. The Labute approximate surface area is 104 Å². The van der Waals surface area contributed by atoms with E-state index in [1.165, 1.54) is 14.2 Å². The smallest absolute Gasteiger partial charge is 0.351 e. The molecule has 1 aromatic rings. The van der Waals surface area contributed by atoms with E-state index < -0.39 is 17.5 Å². The molecule has 94 valence electrons. The number of rotatable bonds is 2. The van der Waals surface area contributed by atoms with Crippen molar-refractivity contribution < 1.29 is 23.8 Å². The second-order valence-corrected chi connectivity index (χ2v) is 4.47. The van der Waals surface area contributed by atoms with Crippen LogP contribution in [0.15, 0.2) is 18.2 Å².